The number of likely N-dealkylation sites (N-methyl/N-ethyl adjacent to an activating group) is 1. The van der Waals surface area contributed by atoms with Crippen molar-refractivity contribution >= 4 is 13.7 Å². The molecule has 0 aromatic carbocycles. The lowest BCUT2D eigenvalue weighted by Gasteiger charge is -2.29. The maximum absolute atomic E-state index is 12.9. The fourth-order valence-corrected chi connectivity index (χ4v) is 8.39. The zero-order valence-electron chi connectivity index (χ0n) is 48.4. The van der Waals surface area contributed by atoms with Crippen molar-refractivity contribution in [3.8, 4) is 0 Å². The Kier molecular flexibility index (Phi) is 52.5. The Bertz CT molecular complexity index is 1720. The van der Waals surface area contributed by atoms with Gasteiger partial charge in [0.2, 0.25) is 5.91 Å². The number of nitrogens with zero attached hydrogens (tertiary/aromatic N) is 1. The predicted octanol–water partition coefficient (Wildman–Crippen LogP) is 17.8. The maximum Gasteiger partial charge on any atom is 0.268 e. The van der Waals surface area contributed by atoms with Crippen LogP contribution >= 0.6 is 7.82 Å². The highest BCUT2D eigenvalue weighted by atomic mass is 31.2. The molecule has 0 aliphatic rings. The Morgan fingerprint density at radius 2 is 0.827 bits per heavy atom. The van der Waals surface area contributed by atoms with Crippen molar-refractivity contribution in [2.24, 2.45) is 0 Å². The smallest absolute Gasteiger partial charge is 0.268 e. The van der Waals surface area contributed by atoms with Gasteiger partial charge in [0.05, 0.1) is 39.9 Å². The summed E-state index contributed by atoms with van der Waals surface area (Å²) in [4.78, 5) is 25.4. The van der Waals surface area contributed by atoms with E-state index in [9.17, 15) is 19.4 Å². The van der Waals surface area contributed by atoms with Gasteiger partial charge >= 0.3 is 0 Å². The van der Waals surface area contributed by atoms with Crippen LogP contribution in [0.2, 0.25) is 0 Å². The lowest BCUT2D eigenvalue weighted by Crippen LogP contribution is -2.45. The van der Waals surface area contributed by atoms with Crippen LogP contribution in [0.15, 0.2) is 146 Å². The Balaban J connectivity index is 4.09. The molecule has 0 saturated carbocycles. The first kappa shape index (κ1) is 71.4. The number of quaternary nitrogens is 1. The molecule has 2 N–H and O–H groups in total. The molecule has 0 aliphatic carbocycles. The molecule has 0 rings (SSSR count). The third-order valence-corrected chi connectivity index (χ3v) is 13.2. The average Bonchev–Trinajstić information content (AvgIpc) is 3.37. The van der Waals surface area contributed by atoms with Gasteiger partial charge in [0, 0.05) is 6.42 Å². The summed E-state index contributed by atoms with van der Waals surface area (Å²) in [6.45, 7) is 4.47. The van der Waals surface area contributed by atoms with Crippen molar-refractivity contribution in [3.05, 3.63) is 146 Å². The average molecular weight is 1060 g/mol. The number of amides is 1. The first-order valence-electron chi connectivity index (χ1n) is 29.7. The van der Waals surface area contributed by atoms with Crippen LogP contribution in [0.4, 0.5) is 0 Å². The number of aliphatic hydroxyl groups is 1. The Morgan fingerprint density at radius 1 is 0.480 bits per heavy atom. The number of carbonyl (C=O) groups excluding carboxylic acids is 1. The van der Waals surface area contributed by atoms with Gasteiger partial charge in [0.15, 0.2) is 0 Å². The minimum atomic E-state index is -4.61. The van der Waals surface area contributed by atoms with Crippen LogP contribution in [0.25, 0.3) is 0 Å². The standard InChI is InChI=1S/C66H111N2O6P/c1-6-8-10-12-14-16-18-20-21-22-23-24-25-26-27-28-29-30-31-32-33-34-35-36-37-38-39-40-41-42-43-44-45-46-47-48-50-52-54-56-58-60-66(70)67-64(63-74-75(71,72)73-62-61-68(3,4)5)65(69)59-57-55-53-51-49-19-17-15-13-11-9-7-2/h8,10,14,16,20-21,23-24,26-27,29-30,32-33,35-36,38-39,41-42,49,51,57,59,64-65,69H,6-7,9,11-13,15,17-19,22,25,28,31,34,37,40,43-48,50,52-56,58,60-63H2,1-5H3,(H-,67,70,71,72)/b10-8-,16-14-,21-20-,24-23-,27-26-,30-29-,33-32-,36-35-,39-38-,42-41-,51-49+,59-57+. The van der Waals surface area contributed by atoms with E-state index in [1.54, 1.807) is 6.08 Å². The largest absolute Gasteiger partial charge is 0.756 e. The summed E-state index contributed by atoms with van der Waals surface area (Å²) in [7, 11) is 1.22. The number of hydrogen-bond donors (Lipinski definition) is 2. The number of nitrogens with one attached hydrogen (secondary N) is 1. The molecular weight excluding hydrogens is 948 g/mol. The number of phosphoric ester groups is 1. The van der Waals surface area contributed by atoms with Crippen LogP contribution < -0.4 is 10.2 Å². The van der Waals surface area contributed by atoms with Crippen molar-refractivity contribution in [3.63, 3.8) is 0 Å². The van der Waals surface area contributed by atoms with Gasteiger partial charge in [-0.15, -0.1) is 0 Å². The molecule has 0 aliphatic heterocycles. The number of aliphatic hydroxyl groups excluding tert-OH is 1. The molecule has 0 aromatic rings. The van der Waals surface area contributed by atoms with Crippen LogP contribution in [0.5, 0.6) is 0 Å². The highest BCUT2D eigenvalue weighted by Gasteiger charge is 2.23. The molecule has 0 fully saturated rings. The zero-order valence-corrected chi connectivity index (χ0v) is 49.3. The van der Waals surface area contributed by atoms with Crippen LogP contribution in [-0.4, -0.2) is 68.5 Å². The first-order valence-corrected chi connectivity index (χ1v) is 31.2. The lowest BCUT2D eigenvalue weighted by molar-refractivity contribution is -0.870. The number of hydrogen-bond acceptors (Lipinski definition) is 6. The van der Waals surface area contributed by atoms with Gasteiger partial charge in [-0.1, -0.05) is 243 Å². The Hall–Kier alpha value is -3.62. The molecule has 8 nitrogen and oxygen atoms in total. The first-order chi connectivity index (χ1) is 36.5. The highest BCUT2D eigenvalue weighted by Crippen LogP contribution is 2.38. The van der Waals surface area contributed by atoms with E-state index in [0.29, 0.717) is 17.4 Å². The molecule has 3 atom stereocenters. The molecule has 3 unspecified atom stereocenters. The van der Waals surface area contributed by atoms with Crippen molar-refractivity contribution in [2.45, 2.75) is 225 Å². The maximum atomic E-state index is 12.9. The molecule has 75 heavy (non-hydrogen) atoms. The van der Waals surface area contributed by atoms with Gasteiger partial charge in [-0.3, -0.25) is 9.36 Å². The van der Waals surface area contributed by atoms with Gasteiger partial charge in [0.25, 0.3) is 7.82 Å². The second-order valence-electron chi connectivity index (χ2n) is 20.6. The van der Waals surface area contributed by atoms with E-state index in [1.807, 2.05) is 27.2 Å². The molecule has 9 heteroatoms. The summed E-state index contributed by atoms with van der Waals surface area (Å²) < 4.78 is 23.2. The summed E-state index contributed by atoms with van der Waals surface area (Å²) in [6.07, 6.45) is 85.1. The molecular formula is C66H111N2O6P. The van der Waals surface area contributed by atoms with Crippen molar-refractivity contribution < 1.29 is 32.9 Å². The second kappa shape index (κ2) is 55.1. The van der Waals surface area contributed by atoms with E-state index in [4.69, 9.17) is 9.05 Å². The summed E-state index contributed by atoms with van der Waals surface area (Å²) in [5.74, 6) is -0.220. The molecule has 426 valence electrons. The summed E-state index contributed by atoms with van der Waals surface area (Å²) >= 11 is 0. The monoisotopic (exact) mass is 1060 g/mol. The molecule has 0 heterocycles. The summed E-state index contributed by atoms with van der Waals surface area (Å²) in [5.41, 5.74) is 0. The van der Waals surface area contributed by atoms with E-state index in [0.717, 1.165) is 116 Å². The number of rotatable bonds is 52. The number of allylic oxidation sites excluding steroid dienone is 23. The number of carbonyl (C=O) groups is 1. The van der Waals surface area contributed by atoms with Crippen molar-refractivity contribution in [2.75, 3.05) is 40.9 Å². The van der Waals surface area contributed by atoms with E-state index < -0.39 is 26.6 Å². The van der Waals surface area contributed by atoms with Crippen LogP contribution in [0, 0.1) is 0 Å². The third-order valence-electron chi connectivity index (χ3n) is 12.3. The van der Waals surface area contributed by atoms with Gasteiger partial charge < -0.3 is 28.8 Å². The van der Waals surface area contributed by atoms with Gasteiger partial charge in [0.1, 0.15) is 13.2 Å². The quantitative estimate of drug-likeness (QED) is 0.0272. The van der Waals surface area contributed by atoms with Crippen molar-refractivity contribution in [1.82, 2.24) is 5.32 Å². The van der Waals surface area contributed by atoms with E-state index >= 15 is 0 Å². The fourth-order valence-electron chi connectivity index (χ4n) is 7.67. The predicted molar refractivity (Wildman–Crippen MR) is 325 cm³/mol. The van der Waals surface area contributed by atoms with Gasteiger partial charge in [-0.25, -0.2) is 0 Å². The fraction of sp³-hybridized carbons (Fsp3) is 0.621. The van der Waals surface area contributed by atoms with Gasteiger partial charge in [-0.05, 0) is 109 Å². The van der Waals surface area contributed by atoms with Crippen LogP contribution in [0.3, 0.4) is 0 Å². The molecule has 0 aromatic heterocycles. The molecule has 0 saturated heterocycles. The number of unbranched alkanes of at least 4 members (excludes halogenated alkanes) is 17. The second-order valence-corrected chi connectivity index (χ2v) is 22.0. The van der Waals surface area contributed by atoms with E-state index in [-0.39, 0.29) is 12.5 Å². The normalized spacial score (nSPS) is 14.9. The Labute approximate surface area is 461 Å². The minimum absolute atomic E-state index is 0.0140. The van der Waals surface area contributed by atoms with Crippen molar-refractivity contribution in [1.29, 1.82) is 0 Å². The zero-order chi connectivity index (χ0) is 54.9. The van der Waals surface area contributed by atoms with E-state index in [2.05, 4.69) is 153 Å². The molecule has 0 spiro atoms. The van der Waals surface area contributed by atoms with Crippen LogP contribution in [0.1, 0.15) is 213 Å². The van der Waals surface area contributed by atoms with Gasteiger partial charge in [-0.2, -0.15) is 0 Å². The van der Waals surface area contributed by atoms with E-state index in [1.165, 1.54) is 77.0 Å². The Morgan fingerprint density at radius 3 is 1.24 bits per heavy atom. The summed E-state index contributed by atoms with van der Waals surface area (Å²) in [6, 6.07) is -0.914. The lowest BCUT2D eigenvalue weighted by atomic mass is 10.0. The van der Waals surface area contributed by atoms with Crippen LogP contribution in [-0.2, 0) is 18.4 Å². The number of phosphoric acid groups is 1. The highest BCUT2D eigenvalue weighted by molar-refractivity contribution is 7.45. The summed E-state index contributed by atoms with van der Waals surface area (Å²) in [5, 5.41) is 13.8. The minimum Gasteiger partial charge on any atom is -0.756 e. The molecule has 1 amide bonds. The SMILES string of the molecule is CC/C=C\C/C=C\C/C=C\C/C=C\C/C=C\C/C=C\C/C=C\C/C=C\C/C=C\C/C=C\CCCCCCCCCCCCC(=O)NC(COP(=O)([O-])OCC[N+](C)(C)C)C(O)/C=C/CC/C=C/CCCCCCCC. The molecule has 0 bridgehead atoms. The topological polar surface area (TPSA) is 108 Å². The third kappa shape index (κ3) is 57.9. The molecule has 0 radical (unpaired) electrons.